The van der Waals surface area contributed by atoms with Crippen molar-refractivity contribution in [2.24, 2.45) is 0 Å². The van der Waals surface area contributed by atoms with E-state index in [1.54, 1.807) is 18.2 Å². The molecule has 1 unspecified atom stereocenters. The summed E-state index contributed by atoms with van der Waals surface area (Å²) in [6.07, 6.45) is 0.167. The summed E-state index contributed by atoms with van der Waals surface area (Å²) >= 11 is 0. The Labute approximate surface area is 146 Å². The first-order valence-corrected chi connectivity index (χ1v) is 9.17. The largest absolute Gasteiger partial charge is 0.481 e. The zero-order valence-electron chi connectivity index (χ0n) is 13.5. The van der Waals surface area contributed by atoms with Crippen molar-refractivity contribution in [1.82, 2.24) is 4.31 Å². The van der Waals surface area contributed by atoms with Crippen molar-refractivity contribution < 1.29 is 23.1 Å². The number of carbonyl (C=O) groups is 2. The third-order valence-corrected chi connectivity index (χ3v) is 5.66. The van der Waals surface area contributed by atoms with Gasteiger partial charge in [0.05, 0.1) is 17.4 Å². The van der Waals surface area contributed by atoms with Gasteiger partial charge in [-0.25, -0.2) is 8.42 Å². The van der Waals surface area contributed by atoms with Crippen LogP contribution in [0.15, 0.2) is 65.6 Å². The molecule has 0 saturated heterocycles. The molecule has 0 aliphatic carbocycles. The SMILES string of the molecule is O=CC(CC(=O)O)N(CCc1ccccc1)S(=O)(=O)c1ccccc1. The fourth-order valence-electron chi connectivity index (χ4n) is 2.47. The van der Waals surface area contributed by atoms with Crippen LogP contribution < -0.4 is 0 Å². The molecule has 1 atom stereocenters. The van der Waals surface area contributed by atoms with Crippen LogP contribution in [0.5, 0.6) is 0 Å². The monoisotopic (exact) mass is 361 g/mol. The summed E-state index contributed by atoms with van der Waals surface area (Å²) in [5.74, 6) is -1.23. The minimum absolute atomic E-state index is 0.0118. The number of aldehydes is 1. The minimum Gasteiger partial charge on any atom is -0.481 e. The van der Waals surface area contributed by atoms with E-state index in [0.29, 0.717) is 12.7 Å². The Morgan fingerprint density at radius 2 is 1.60 bits per heavy atom. The van der Waals surface area contributed by atoms with Crippen molar-refractivity contribution >= 4 is 22.3 Å². The van der Waals surface area contributed by atoms with Crippen molar-refractivity contribution in [1.29, 1.82) is 0 Å². The van der Waals surface area contributed by atoms with E-state index in [1.807, 2.05) is 30.3 Å². The lowest BCUT2D eigenvalue weighted by atomic mass is 10.1. The summed E-state index contributed by atoms with van der Waals surface area (Å²) in [6, 6.07) is 15.6. The Morgan fingerprint density at radius 1 is 1.04 bits per heavy atom. The molecule has 0 aliphatic rings. The topological polar surface area (TPSA) is 91.8 Å². The van der Waals surface area contributed by atoms with Crippen LogP contribution in [-0.4, -0.2) is 42.7 Å². The number of benzene rings is 2. The molecule has 7 heteroatoms. The second-order valence-electron chi connectivity index (χ2n) is 5.47. The number of hydrogen-bond acceptors (Lipinski definition) is 4. The summed E-state index contributed by atoms with van der Waals surface area (Å²) < 4.78 is 26.8. The quantitative estimate of drug-likeness (QED) is 0.690. The molecule has 0 fully saturated rings. The molecular formula is C18H19NO5S. The van der Waals surface area contributed by atoms with Crippen LogP contribution >= 0.6 is 0 Å². The summed E-state index contributed by atoms with van der Waals surface area (Å²) in [7, 11) is -3.99. The average molecular weight is 361 g/mol. The van der Waals surface area contributed by atoms with Gasteiger partial charge in [0, 0.05) is 6.54 Å². The van der Waals surface area contributed by atoms with Crippen molar-refractivity contribution in [3.63, 3.8) is 0 Å². The molecule has 6 nitrogen and oxygen atoms in total. The number of hydrogen-bond donors (Lipinski definition) is 1. The van der Waals surface area contributed by atoms with Crippen molar-refractivity contribution in [3.8, 4) is 0 Å². The zero-order chi connectivity index (χ0) is 18.3. The number of carboxylic acids is 1. The predicted molar refractivity (Wildman–Crippen MR) is 92.6 cm³/mol. The van der Waals surface area contributed by atoms with Gasteiger partial charge in [0.25, 0.3) is 0 Å². The summed E-state index contributed by atoms with van der Waals surface area (Å²) in [6.45, 7) is 0.0118. The maximum atomic E-state index is 12.9. The molecule has 132 valence electrons. The number of sulfonamides is 1. The second kappa shape index (κ2) is 8.55. The van der Waals surface area contributed by atoms with Gasteiger partial charge >= 0.3 is 5.97 Å². The van der Waals surface area contributed by atoms with Crippen LogP contribution in [0.1, 0.15) is 12.0 Å². The van der Waals surface area contributed by atoms with Gasteiger partial charge in [-0.05, 0) is 24.1 Å². The highest BCUT2D eigenvalue weighted by Gasteiger charge is 2.32. The highest BCUT2D eigenvalue weighted by molar-refractivity contribution is 7.89. The standard InChI is InChI=1S/C18H19NO5S/c20-14-16(13-18(21)22)19(12-11-15-7-3-1-4-8-15)25(23,24)17-9-5-2-6-10-17/h1-10,14,16H,11-13H2,(H,21,22). The van der Waals surface area contributed by atoms with E-state index >= 15 is 0 Å². The molecule has 0 saturated carbocycles. The van der Waals surface area contributed by atoms with E-state index in [2.05, 4.69) is 0 Å². The molecule has 1 N–H and O–H groups in total. The summed E-state index contributed by atoms with van der Waals surface area (Å²) in [5, 5.41) is 9.01. The van der Waals surface area contributed by atoms with Gasteiger partial charge in [-0.3, -0.25) is 4.79 Å². The lowest BCUT2D eigenvalue weighted by Crippen LogP contribution is -2.43. The molecule has 0 radical (unpaired) electrons. The maximum Gasteiger partial charge on any atom is 0.305 e. The van der Waals surface area contributed by atoms with Crippen LogP contribution in [-0.2, 0) is 26.0 Å². The van der Waals surface area contributed by atoms with Gasteiger partial charge in [0.15, 0.2) is 0 Å². The molecule has 0 bridgehead atoms. The van der Waals surface area contributed by atoms with Gasteiger partial charge < -0.3 is 9.90 Å². The van der Waals surface area contributed by atoms with Crippen LogP contribution in [0.4, 0.5) is 0 Å². The van der Waals surface area contributed by atoms with Crippen LogP contribution in [0.2, 0.25) is 0 Å². The van der Waals surface area contributed by atoms with Gasteiger partial charge in [0.2, 0.25) is 10.0 Å². The van der Waals surface area contributed by atoms with E-state index in [0.717, 1.165) is 9.87 Å². The van der Waals surface area contributed by atoms with Crippen LogP contribution in [0, 0.1) is 0 Å². The number of nitrogens with zero attached hydrogens (tertiary/aromatic N) is 1. The van der Waals surface area contributed by atoms with Gasteiger partial charge in [0.1, 0.15) is 6.29 Å². The molecular weight excluding hydrogens is 342 g/mol. The Balaban J connectivity index is 2.33. The second-order valence-corrected chi connectivity index (χ2v) is 7.36. The molecule has 25 heavy (non-hydrogen) atoms. The first-order chi connectivity index (χ1) is 11.9. The molecule has 0 heterocycles. The lowest BCUT2D eigenvalue weighted by molar-refractivity contribution is -0.139. The molecule has 0 spiro atoms. The fraction of sp³-hybridized carbons (Fsp3) is 0.222. The summed E-state index contributed by atoms with van der Waals surface area (Å²) in [5.41, 5.74) is 0.899. The van der Waals surface area contributed by atoms with Crippen molar-refractivity contribution in [2.45, 2.75) is 23.8 Å². The highest BCUT2D eigenvalue weighted by Crippen LogP contribution is 2.20. The van der Waals surface area contributed by atoms with Crippen LogP contribution in [0.25, 0.3) is 0 Å². The Morgan fingerprint density at radius 3 is 2.12 bits per heavy atom. The van der Waals surface area contributed by atoms with Gasteiger partial charge in [-0.15, -0.1) is 0 Å². The highest BCUT2D eigenvalue weighted by atomic mass is 32.2. The normalized spacial score (nSPS) is 12.7. The fourth-order valence-corrected chi connectivity index (χ4v) is 4.06. The molecule has 0 aliphatic heterocycles. The predicted octanol–water partition coefficient (Wildman–Crippen LogP) is 1.96. The van der Waals surface area contributed by atoms with E-state index in [1.165, 1.54) is 12.1 Å². The van der Waals surface area contributed by atoms with Gasteiger partial charge in [-0.1, -0.05) is 48.5 Å². The zero-order valence-corrected chi connectivity index (χ0v) is 14.3. The Kier molecular flexibility index (Phi) is 6.44. The average Bonchev–Trinajstić information content (AvgIpc) is 2.62. The number of aliphatic carboxylic acids is 1. The molecule has 2 aromatic rings. The third kappa shape index (κ3) is 4.98. The van der Waals surface area contributed by atoms with E-state index in [-0.39, 0.29) is 11.4 Å². The molecule has 0 amide bonds. The van der Waals surface area contributed by atoms with E-state index in [9.17, 15) is 18.0 Å². The smallest absolute Gasteiger partial charge is 0.305 e. The lowest BCUT2D eigenvalue weighted by Gasteiger charge is -2.26. The van der Waals surface area contributed by atoms with Crippen molar-refractivity contribution in [2.75, 3.05) is 6.54 Å². The van der Waals surface area contributed by atoms with Crippen LogP contribution in [0.3, 0.4) is 0 Å². The maximum absolute atomic E-state index is 12.9. The van der Waals surface area contributed by atoms with Gasteiger partial charge in [-0.2, -0.15) is 4.31 Å². The molecule has 0 aromatic heterocycles. The van der Waals surface area contributed by atoms with E-state index < -0.39 is 28.5 Å². The third-order valence-electron chi connectivity index (χ3n) is 3.72. The molecule has 2 aromatic carbocycles. The molecule has 2 rings (SSSR count). The number of carboxylic acid groups (broad SMARTS) is 1. The Hall–Kier alpha value is -2.51. The first kappa shape index (κ1) is 18.8. The number of carbonyl (C=O) groups excluding carboxylic acids is 1. The number of rotatable bonds is 9. The Bertz CT molecular complexity index is 806. The van der Waals surface area contributed by atoms with E-state index in [4.69, 9.17) is 5.11 Å². The first-order valence-electron chi connectivity index (χ1n) is 7.73. The minimum atomic E-state index is -3.99. The van der Waals surface area contributed by atoms with Crippen molar-refractivity contribution in [3.05, 3.63) is 66.2 Å². The summed E-state index contributed by atoms with van der Waals surface area (Å²) in [4.78, 5) is 22.5.